The van der Waals surface area contributed by atoms with Gasteiger partial charge in [0, 0.05) is 28.7 Å². The van der Waals surface area contributed by atoms with E-state index in [4.69, 9.17) is 9.15 Å². The highest BCUT2D eigenvalue weighted by Crippen LogP contribution is 2.45. The first kappa shape index (κ1) is 26.9. The average molecular weight is 535 g/mol. The van der Waals surface area contributed by atoms with Crippen molar-refractivity contribution in [1.29, 1.82) is 0 Å². The van der Waals surface area contributed by atoms with Crippen LogP contribution < -0.4 is 10.2 Å². The van der Waals surface area contributed by atoms with Crippen molar-refractivity contribution in [3.05, 3.63) is 112 Å². The van der Waals surface area contributed by atoms with Crippen LogP contribution in [0.5, 0.6) is 5.75 Å². The van der Waals surface area contributed by atoms with Gasteiger partial charge in [-0.05, 0) is 48.4 Å². The molecular weight excluding hydrogens is 504 g/mol. The van der Waals surface area contributed by atoms with Crippen molar-refractivity contribution in [3.8, 4) is 17.1 Å². The third-order valence-electron chi connectivity index (χ3n) is 7.75. The van der Waals surface area contributed by atoms with Crippen molar-refractivity contribution < 1.29 is 23.8 Å². The number of rotatable bonds is 7. The van der Waals surface area contributed by atoms with Crippen molar-refractivity contribution in [3.63, 3.8) is 0 Å². The largest absolute Gasteiger partial charge is 0.507 e. The zero-order chi connectivity index (χ0) is 28.4. The second kappa shape index (κ2) is 10.8. The molecule has 0 radical (unpaired) electrons. The number of allylic oxidation sites excluding steroid dienone is 1. The van der Waals surface area contributed by atoms with Gasteiger partial charge >= 0.3 is 5.97 Å². The Balaban J connectivity index is 1.61. The molecule has 0 saturated heterocycles. The maximum Gasteiger partial charge on any atom is 0.336 e. The zero-order valence-corrected chi connectivity index (χ0v) is 22.7. The van der Waals surface area contributed by atoms with E-state index in [1.165, 1.54) is 12.1 Å². The number of aliphatic hydroxyl groups is 1. The Morgan fingerprint density at radius 2 is 1.60 bits per heavy atom. The van der Waals surface area contributed by atoms with Crippen LogP contribution in [0.4, 0.5) is 0 Å². The van der Waals surface area contributed by atoms with Crippen LogP contribution in [0.3, 0.4) is 0 Å². The molecule has 1 aromatic heterocycles. The summed E-state index contributed by atoms with van der Waals surface area (Å²) < 4.78 is 12.1. The zero-order valence-electron chi connectivity index (χ0n) is 22.7. The van der Waals surface area contributed by atoms with Gasteiger partial charge in [-0.15, -0.1) is 0 Å². The maximum absolute atomic E-state index is 13.5. The Morgan fingerprint density at radius 3 is 2.27 bits per heavy atom. The van der Waals surface area contributed by atoms with Gasteiger partial charge in [-0.3, -0.25) is 9.59 Å². The van der Waals surface area contributed by atoms with E-state index in [1.807, 2.05) is 68.4 Å². The standard InChI is InChI=1S/C34H30O6/c1-4-22-31(37)30-26(35)20-28(40-33(30)34(5-2,6-3)32(22)38)25-17-18-27(24-15-11-10-14-23(24)25)39-29(36)19-16-21-12-8-7-9-13-21/h7-20,37H,4-6H2,1-3H3/b19-16+. The van der Waals surface area contributed by atoms with E-state index in [0.29, 0.717) is 41.3 Å². The van der Waals surface area contributed by atoms with Crippen molar-refractivity contribution in [2.24, 2.45) is 0 Å². The molecule has 0 unspecified atom stereocenters. The highest BCUT2D eigenvalue weighted by molar-refractivity contribution is 6.11. The molecule has 3 aromatic carbocycles. The predicted molar refractivity (Wildman–Crippen MR) is 156 cm³/mol. The quantitative estimate of drug-likeness (QED) is 0.151. The normalized spacial score (nSPS) is 14.5. The highest BCUT2D eigenvalue weighted by Gasteiger charge is 2.48. The Kier molecular flexibility index (Phi) is 7.26. The molecule has 0 amide bonds. The lowest BCUT2D eigenvalue weighted by atomic mass is 9.68. The first-order chi connectivity index (χ1) is 19.3. The summed E-state index contributed by atoms with van der Waals surface area (Å²) in [5.41, 5.74) is 0.344. The number of carbonyl (C=O) groups excluding carboxylic acids is 2. The molecule has 1 aliphatic rings. The molecule has 6 nitrogen and oxygen atoms in total. The Morgan fingerprint density at radius 1 is 0.925 bits per heavy atom. The minimum atomic E-state index is -1.04. The fourth-order valence-electron chi connectivity index (χ4n) is 5.50. The van der Waals surface area contributed by atoms with Crippen LogP contribution in [0.1, 0.15) is 56.9 Å². The number of fused-ring (bicyclic) bond motifs is 2. The van der Waals surface area contributed by atoms with Crippen molar-refractivity contribution in [1.82, 2.24) is 0 Å². The van der Waals surface area contributed by atoms with Crippen LogP contribution in [-0.2, 0) is 15.0 Å². The molecule has 1 N–H and O–H groups in total. The molecule has 0 bridgehead atoms. The molecule has 0 aliphatic heterocycles. The number of benzene rings is 3. The molecule has 5 rings (SSSR count). The summed E-state index contributed by atoms with van der Waals surface area (Å²) in [5, 5.41) is 12.3. The van der Waals surface area contributed by atoms with Gasteiger partial charge in [0.25, 0.3) is 0 Å². The van der Waals surface area contributed by atoms with E-state index in [2.05, 4.69) is 0 Å². The minimum Gasteiger partial charge on any atom is -0.507 e. The molecule has 0 fully saturated rings. The van der Waals surface area contributed by atoms with Gasteiger partial charge in [-0.2, -0.15) is 0 Å². The minimum absolute atomic E-state index is 0.0592. The number of carbonyl (C=O) groups is 2. The van der Waals surface area contributed by atoms with Gasteiger partial charge < -0.3 is 14.3 Å². The van der Waals surface area contributed by atoms with E-state index in [9.17, 15) is 19.5 Å². The number of hydrogen-bond acceptors (Lipinski definition) is 6. The summed E-state index contributed by atoms with van der Waals surface area (Å²) in [6.45, 7) is 5.56. The second-order valence-electron chi connectivity index (χ2n) is 9.80. The molecule has 40 heavy (non-hydrogen) atoms. The summed E-state index contributed by atoms with van der Waals surface area (Å²) in [6, 6.07) is 21.5. The summed E-state index contributed by atoms with van der Waals surface area (Å²) in [4.78, 5) is 39.6. The molecule has 0 spiro atoms. The number of Topliss-reactive ketones (excluding diaryl/α,β-unsaturated/α-hetero) is 1. The van der Waals surface area contributed by atoms with Gasteiger partial charge in [0.15, 0.2) is 11.2 Å². The average Bonchev–Trinajstić information content (AvgIpc) is 2.97. The summed E-state index contributed by atoms with van der Waals surface area (Å²) in [6.07, 6.45) is 4.22. The van der Waals surface area contributed by atoms with Gasteiger partial charge in [0.1, 0.15) is 28.6 Å². The molecule has 0 saturated carbocycles. The number of esters is 1. The molecule has 202 valence electrons. The fourth-order valence-corrected chi connectivity index (χ4v) is 5.50. The molecule has 4 aromatic rings. The van der Waals surface area contributed by atoms with Gasteiger partial charge in [0.05, 0.1) is 5.41 Å². The number of ketones is 1. The van der Waals surface area contributed by atoms with Crippen molar-refractivity contribution >= 4 is 34.4 Å². The summed E-state index contributed by atoms with van der Waals surface area (Å²) in [7, 11) is 0. The van der Waals surface area contributed by atoms with Crippen molar-refractivity contribution in [2.75, 3.05) is 0 Å². The van der Waals surface area contributed by atoms with Crippen LogP contribution in [0, 0.1) is 0 Å². The van der Waals surface area contributed by atoms with E-state index >= 15 is 0 Å². The lowest BCUT2D eigenvalue weighted by Crippen LogP contribution is -2.41. The van der Waals surface area contributed by atoms with E-state index < -0.39 is 16.8 Å². The Bertz CT molecular complexity index is 1740. The molecule has 6 heteroatoms. The first-order valence-electron chi connectivity index (χ1n) is 13.5. The van der Waals surface area contributed by atoms with Crippen LogP contribution in [0.15, 0.2) is 93.7 Å². The second-order valence-corrected chi connectivity index (χ2v) is 9.80. The van der Waals surface area contributed by atoms with E-state index in [1.54, 1.807) is 25.1 Å². The van der Waals surface area contributed by atoms with Crippen LogP contribution in [0.2, 0.25) is 0 Å². The SMILES string of the molecule is CCC1=C(O)c2c(oc(-c3ccc(OC(=O)/C=C/c4ccccc4)c4ccccc34)cc2=O)C(CC)(CC)C1=O. The van der Waals surface area contributed by atoms with Crippen molar-refractivity contribution in [2.45, 2.75) is 45.4 Å². The van der Waals surface area contributed by atoms with Crippen LogP contribution >= 0.6 is 0 Å². The number of aliphatic hydroxyl groups excluding tert-OH is 1. The lowest BCUT2D eigenvalue weighted by Gasteiger charge is -2.35. The number of ether oxygens (including phenoxy) is 1. The van der Waals surface area contributed by atoms with E-state index in [-0.39, 0.29) is 34.2 Å². The topological polar surface area (TPSA) is 93.8 Å². The third kappa shape index (κ3) is 4.45. The van der Waals surface area contributed by atoms with Gasteiger partial charge in [-0.1, -0.05) is 75.4 Å². The first-order valence-corrected chi connectivity index (χ1v) is 13.5. The highest BCUT2D eigenvalue weighted by atomic mass is 16.5. The fraction of sp³-hybridized carbons (Fsp3) is 0.206. The van der Waals surface area contributed by atoms with Crippen LogP contribution in [0.25, 0.3) is 33.9 Å². The molecule has 0 atom stereocenters. The summed E-state index contributed by atoms with van der Waals surface area (Å²) in [5.74, 6) is -0.191. The van der Waals surface area contributed by atoms with E-state index in [0.717, 1.165) is 5.56 Å². The molecular formula is C34H30O6. The number of hydrogen-bond donors (Lipinski definition) is 1. The lowest BCUT2D eigenvalue weighted by molar-refractivity contribution is -0.128. The van der Waals surface area contributed by atoms with Crippen LogP contribution in [-0.4, -0.2) is 16.9 Å². The Hall–Kier alpha value is -4.71. The monoisotopic (exact) mass is 534 g/mol. The molecule has 1 aliphatic carbocycles. The van der Waals surface area contributed by atoms with Gasteiger partial charge in [-0.25, -0.2) is 4.79 Å². The molecule has 1 heterocycles. The Labute approximate surface area is 232 Å². The third-order valence-corrected chi connectivity index (χ3v) is 7.75. The maximum atomic E-state index is 13.5. The van der Waals surface area contributed by atoms with Gasteiger partial charge in [0.2, 0.25) is 0 Å². The predicted octanol–water partition coefficient (Wildman–Crippen LogP) is 7.40. The smallest absolute Gasteiger partial charge is 0.336 e. The summed E-state index contributed by atoms with van der Waals surface area (Å²) >= 11 is 0.